The quantitative estimate of drug-likeness (QED) is 0.577. The van der Waals surface area contributed by atoms with Crippen molar-refractivity contribution in [3.05, 3.63) is 0 Å². The molecule has 0 N–H and O–H groups in total. The van der Waals surface area contributed by atoms with Crippen LogP contribution in [0.4, 0.5) is 0 Å². The van der Waals surface area contributed by atoms with Crippen LogP contribution in [-0.4, -0.2) is 36.6 Å². The molecule has 1 unspecified atom stereocenters. The molecule has 0 radical (unpaired) electrons. The van der Waals surface area contributed by atoms with Gasteiger partial charge in [0.25, 0.3) is 0 Å². The van der Waals surface area contributed by atoms with Crippen molar-refractivity contribution in [3.8, 4) is 0 Å². The molecule has 0 amide bonds. The van der Waals surface area contributed by atoms with E-state index in [1.54, 1.807) is 0 Å². The highest BCUT2D eigenvalue weighted by atomic mass is 16.1. The summed E-state index contributed by atoms with van der Waals surface area (Å²) in [6.07, 6.45) is 2.42. The highest BCUT2D eigenvalue weighted by Gasteiger charge is 2.24. The second-order valence-corrected chi connectivity index (χ2v) is 3.25. The number of hydrogen-bond donors (Lipinski definition) is 0. The zero-order chi connectivity index (χ0) is 8.97. The van der Waals surface area contributed by atoms with Crippen LogP contribution in [0.1, 0.15) is 19.8 Å². The molecule has 0 aliphatic carbocycles. The number of carbonyl (C=O) groups is 2. The van der Waals surface area contributed by atoms with E-state index in [9.17, 15) is 9.59 Å². The van der Waals surface area contributed by atoms with E-state index in [1.165, 1.54) is 0 Å². The summed E-state index contributed by atoms with van der Waals surface area (Å²) in [5.74, 6) is 0.526. The van der Waals surface area contributed by atoms with Crippen molar-refractivity contribution in [1.82, 2.24) is 4.90 Å². The molecule has 0 aromatic rings. The van der Waals surface area contributed by atoms with Gasteiger partial charge in [0.1, 0.15) is 12.1 Å². The lowest BCUT2D eigenvalue weighted by Crippen LogP contribution is -2.41. The van der Waals surface area contributed by atoms with Crippen LogP contribution in [-0.2, 0) is 9.59 Å². The Kier molecular flexibility index (Phi) is 3.41. The molecule has 1 rings (SSSR count). The molecule has 68 valence electrons. The summed E-state index contributed by atoms with van der Waals surface area (Å²) >= 11 is 0. The number of hydrogen-bond acceptors (Lipinski definition) is 3. The van der Waals surface area contributed by atoms with Crippen molar-refractivity contribution in [2.75, 3.05) is 19.6 Å². The molecule has 1 saturated heterocycles. The van der Waals surface area contributed by atoms with Gasteiger partial charge in [-0.2, -0.15) is 0 Å². The molecule has 1 heterocycles. The van der Waals surface area contributed by atoms with E-state index in [4.69, 9.17) is 0 Å². The molecular weight excluding hydrogens is 154 g/mol. The van der Waals surface area contributed by atoms with Gasteiger partial charge in [0.15, 0.2) is 0 Å². The Balaban J connectivity index is 2.43. The number of carbonyl (C=O) groups excluding carboxylic acids is 2. The number of nitrogens with zero attached hydrogens (tertiary/aromatic N) is 1. The fraction of sp³-hybridized carbons (Fsp3) is 0.778. The number of aldehydes is 1. The number of ketones is 1. The highest BCUT2D eigenvalue weighted by molar-refractivity contribution is 5.82. The van der Waals surface area contributed by atoms with Crippen LogP contribution in [0.25, 0.3) is 0 Å². The van der Waals surface area contributed by atoms with Gasteiger partial charge in [-0.05, 0) is 6.42 Å². The van der Waals surface area contributed by atoms with Crippen molar-refractivity contribution in [1.29, 1.82) is 0 Å². The van der Waals surface area contributed by atoms with E-state index >= 15 is 0 Å². The summed E-state index contributed by atoms with van der Waals surface area (Å²) in [6, 6.07) is 0. The summed E-state index contributed by atoms with van der Waals surface area (Å²) < 4.78 is 0. The first-order valence-corrected chi connectivity index (χ1v) is 4.46. The summed E-state index contributed by atoms with van der Waals surface area (Å²) in [6.45, 7) is 4.03. The monoisotopic (exact) mass is 169 g/mol. The van der Waals surface area contributed by atoms with E-state index in [2.05, 4.69) is 0 Å². The first-order chi connectivity index (χ1) is 5.77. The summed E-state index contributed by atoms with van der Waals surface area (Å²) in [4.78, 5) is 23.5. The van der Waals surface area contributed by atoms with Crippen LogP contribution in [0.2, 0.25) is 0 Å². The van der Waals surface area contributed by atoms with E-state index in [1.807, 2.05) is 11.8 Å². The number of likely N-dealkylation sites (tertiary alicyclic amines) is 1. The second-order valence-electron chi connectivity index (χ2n) is 3.25. The Morgan fingerprint density at radius 2 is 2.42 bits per heavy atom. The molecule has 0 bridgehead atoms. The van der Waals surface area contributed by atoms with Gasteiger partial charge in [0.05, 0.1) is 6.54 Å². The van der Waals surface area contributed by atoms with Gasteiger partial charge in [-0.15, -0.1) is 0 Å². The van der Waals surface area contributed by atoms with Crippen molar-refractivity contribution in [3.63, 3.8) is 0 Å². The van der Waals surface area contributed by atoms with E-state index in [-0.39, 0.29) is 5.92 Å². The lowest BCUT2D eigenvalue weighted by molar-refractivity contribution is -0.127. The van der Waals surface area contributed by atoms with Gasteiger partial charge in [0, 0.05) is 25.4 Å². The number of piperidine rings is 1. The molecule has 1 fully saturated rings. The standard InChI is InChI=1S/C9H15NO2/c1-2-8-7-10(5-6-11)4-3-9(8)12/h6,8H,2-5,7H2,1H3. The van der Waals surface area contributed by atoms with Crippen LogP contribution in [0.5, 0.6) is 0 Å². The largest absolute Gasteiger partial charge is 0.302 e. The third kappa shape index (κ3) is 2.14. The van der Waals surface area contributed by atoms with Crippen molar-refractivity contribution >= 4 is 12.1 Å². The number of Topliss-reactive ketones (excluding diaryl/α,β-unsaturated/α-hetero) is 1. The number of rotatable bonds is 3. The summed E-state index contributed by atoms with van der Waals surface area (Å²) in [7, 11) is 0. The van der Waals surface area contributed by atoms with Gasteiger partial charge in [-0.1, -0.05) is 6.92 Å². The van der Waals surface area contributed by atoms with Gasteiger partial charge in [0.2, 0.25) is 0 Å². The Labute approximate surface area is 72.7 Å². The normalized spacial score (nSPS) is 25.8. The molecular formula is C9H15NO2. The predicted molar refractivity (Wildman–Crippen MR) is 45.9 cm³/mol. The molecule has 1 aliphatic rings. The van der Waals surface area contributed by atoms with Crippen LogP contribution in [0.3, 0.4) is 0 Å². The summed E-state index contributed by atoms with van der Waals surface area (Å²) in [5, 5.41) is 0. The van der Waals surface area contributed by atoms with Crippen molar-refractivity contribution in [2.45, 2.75) is 19.8 Å². The smallest absolute Gasteiger partial charge is 0.138 e. The minimum Gasteiger partial charge on any atom is -0.302 e. The van der Waals surface area contributed by atoms with Crippen molar-refractivity contribution in [2.24, 2.45) is 5.92 Å². The maximum Gasteiger partial charge on any atom is 0.138 e. The Morgan fingerprint density at radius 3 is 3.00 bits per heavy atom. The molecule has 0 spiro atoms. The molecule has 0 aromatic heterocycles. The third-order valence-corrected chi connectivity index (χ3v) is 2.43. The van der Waals surface area contributed by atoms with Crippen LogP contribution in [0.15, 0.2) is 0 Å². The minimum absolute atomic E-state index is 0.165. The molecule has 1 atom stereocenters. The molecule has 0 aromatic carbocycles. The van der Waals surface area contributed by atoms with Gasteiger partial charge in [-0.25, -0.2) is 0 Å². The average molecular weight is 169 g/mol. The molecule has 12 heavy (non-hydrogen) atoms. The fourth-order valence-corrected chi connectivity index (χ4v) is 1.61. The van der Waals surface area contributed by atoms with E-state index < -0.39 is 0 Å². The topological polar surface area (TPSA) is 37.4 Å². The Hall–Kier alpha value is -0.700. The molecule has 3 heteroatoms. The highest BCUT2D eigenvalue weighted by Crippen LogP contribution is 2.14. The van der Waals surface area contributed by atoms with Crippen LogP contribution < -0.4 is 0 Å². The first kappa shape index (κ1) is 9.39. The van der Waals surface area contributed by atoms with Crippen LogP contribution >= 0.6 is 0 Å². The van der Waals surface area contributed by atoms with E-state index in [0.717, 1.165) is 25.8 Å². The lowest BCUT2D eigenvalue weighted by Gasteiger charge is -2.29. The van der Waals surface area contributed by atoms with Crippen molar-refractivity contribution < 1.29 is 9.59 Å². The summed E-state index contributed by atoms with van der Waals surface area (Å²) in [5.41, 5.74) is 0. The predicted octanol–water partition coefficient (Wildman–Crippen LogP) is 0.486. The third-order valence-electron chi connectivity index (χ3n) is 2.43. The zero-order valence-corrected chi connectivity index (χ0v) is 7.45. The average Bonchev–Trinajstić information content (AvgIpc) is 2.09. The first-order valence-electron chi connectivity index (χ1n) is 4.46. The fourth-order valence-electron chi connectivity index (χ4n) is 1.61. The van der Waals surface area contributed by atoms with Gasteiger partial charge < -0.3 is 4.79 Å². The lowest BCUT2D eigenvalue weighted by atomic mass is 9.94. The molecule has 3 nitrogen and oxygen atoms in total. The Morgan fingerprint density at radius 1 is 1.67 bits per heavy atom. The van der Waals surface area contributed by atoms with Gasteiger partial charge in [-0.3, -0.25) is 9.69 Å². The molecule has 1 aliphatic heterocycles. The molecule has 0 saturated carbocycles. The maximum absolute atomic E-state index is 11.3. The van der Waals surface area contributed by atoms with Crippen LogP contribution in [0, 0.1) is 5.92 Å². The van der Waals surface area contributed by atoms with Gasteiger partial charge >= 0.3 is 0 Å². The Bertz CT molecular complexity index is 179. The minimum atomic E-state index is 0.165. The SMILES string of the molecule is CCC1CN(CC=O)CCC1=O. The zero-order valence-electron chi connectivity index (χ0n) is 7.45. The van der Waals surface area contributed by atoms with E-state index in [0.29, 0.717) is 18.7 Å². The second kappa shape index (κ2) is 4.36. The maximum atomic E-state index is 11.3.